The zero-order chi connectivity index (χ0) is 27.9. The number of nitrogens with zero attached hydrogens (tertiary/aromatic N) is 3. The molecule has 0 aliphatic heterocycles. The number of carbonyl (C=O) groups is 2. The lowest BCUT2D eigenvalue weighted by Crippen LogP contribution is -2.53. The third kappa shape index (κ3) is 7.44. The van der Waals surface area contributed by atoms with Crippen LogP contribution in [0.5, 0.6) is 5.75 Å². The van der Waals surface area contributed by atoms with Gasteiger partial charge in [0.15, 0.2) is 0 Å². The predicted molar refractivity (Wildman–Crippen MR) is 144 cm³/mol. The van der Waals surface area contributed by atoms with Crippen molar-refractivity contribution < 1.29 is 27.7 Å². The fourth-order valence-electron chi connectivity index (χ4n) is 4.54. The van der Waals surface area contributed by atoms with Crippen LogP contribution in [0.4, 0.5) is 11.4 Å². The third-order valence-electron chi connectivity index (χ3n) is 6.67. The van der Waals surface area contributed by atoms with Gasteiger partial charge in [0.1, 0.15) is 24.0 Å². The maximum absolute atomic E-state index is 13.7. The third-order valence-corrected chi connectivity index (χ3v) is 7.80. The highest BCUT2D eigenvalue weighted by Crippen LogP contribution is 2.33. The average Bonchev–Trinajstić information content (AvgIpc) is 3.39. The standard InChI is InChI=1S/C26H34N4O7S/c1-19(26(32)27-21-11-7-8-12-21)28(16-15-20-9-5-4-6-10-20)25(31)18-29(38(3,35)36)23-17-22(30(33)34)13-14-24(23)37-2/h4-6,9-10,13-14,17,19,21H,7-8,11-12,15-16,18H2,1-3H3,(H,27,32)/t19-/m0/s1. The van der Waals surface area contributed by atoms with Crippen molar-refractivity contribution in [1.82, 2.24) is 10.2 Å². The van der Waals surface area contributed by atoms with E-state index in [1.165, 1.54) is 24.1 Å². The summed E-state index contributed by atoms with van der Waals surface area (Å²) >= 11 is 0. The zero-order valence-electron chi connectivity index (χ0n) is 21.8. The molecule has 12 heteroatoms. The van der Waals surface area contributed by atoms with Gasteiger partial charge in [-0.15, -0.1) is 0 Å². The van der Waals surface area contributed by atoms with Gasteiger partial charge in [0.25, 0.3) is 5.69 Å². The first kappa shape index (κ1) is 28.9. The van der Waals surface area contributed by atoms with E-state index in [0.717, 1.165) is 47.9 Å². The minimum Gasteiger partial charge on any atom is -0.495 e. The number of benzene rings is 2. The van der Waals surface area contributed by atoms with Gasteiger partial charge < -0.3 is 15.0 Å². The van der Waals surface area contributed by atoms with E-state index in [-0.39, 0.29) is 35.6 Å². The zero-order valence-corrected chi connectivity index (χ0v) is 22.6. The van der Waals surface area contributed by atoms with E-state index in [1.54, 1.807) is 6.92 Å². The lowest BCUT2D eigenvalue weighted by molar-refractivity contribution is -0.384. The Bertz CT molecular complexity index is 1250. The number of amides is 2. The Labute approximate surface area is 223 Å². The summed E-state index contributed by atoms with van der Waals surface area (Å²) in [5.41, 5.74) is 0.463. The van der Waals surface area contributed by atoms with Crippen molar-refractivity contribution in [1.29, 1.82) is 0 Å². The van der Waals surface area contributed by atoms with Crippen molar-refractivity contribution in [3.63, 3.8) is 0 Å². The Morgan fingerprint density at radius 2 is 1.82 bits per heavy atom. The maximum Gasteiger partial charge on any atom is 0.271 e. The number of sulfonamides is 1. The highest BCUT2D eigenvalue weighted by atomic mass is 32.2. The largest absolute Gasteiger partial charge is 0.495 e. The maximum atomic E-state index is 13.7. The first-order valence-corrected chi connectivity index (χ1v) is 14.3. The van der Waals surface area contributed by atoms with Crippen LogP contribution in [0.1, 0.15) is 38.2 Å². The number of hydrogen-bond acceptors (Lipinski definition) is 7. The number of anilines is 1. The fourth-order valence-corrected chi connectivity index (χ4v) is 5.39. The molecule has 0 heterocycles. The van der Waals surface area contributed by atoms with Crippen molar-refractivity contribution >= 4 is 33.2 Å². The Hall–Kier alpha value is -3.67. The van der Waals surface area contributed by atoms with E-state index in [1.807, 2.05) is 30.3 Å². The van der Waals surface area contributed by atoms with Gasteiger partial charge in [0.05, 0.1) is 18.3 Å². The number of nitrogens with one attached hydrogen (secondary N) is 1. The molecular formula is C26H34N4O7S. The number of hydrogen-bond donors (Lipinski definition) is 1. The van der Waals surface area contributed by atoms with Crippen LogP contribution in [0.3, 0.4) is 0 Å². The van der Waals surface area contributed by atoms with Crippen LogP contribution in [-0.2, 0) is 26.0 Å². The van der Waals surface area contributed by atoms with Crippen LogP contribution in [-0.4, -0.2) is 68.6 Å². The highest BCUT2D eigenvalue weighted by Gasteiger charge is 2.32. The summed E-state index contributed by atoms with van der Waals surface area (Å²) in [5, 5.41) is 14.4. The molecular weight excluding hydrogens is 512 g/mol. The van der Waals surface area contributed by atoms with Crippen molar-refractivity contribution in [2.75, 3.05) is 30.8 Å². The van der Waals surface area contributed by atoms with Crippen molar-refractivity contribution in [3.05, 3.63) is 64.2 Å². The molecule has 1 aliphatic carbocycles. The molecule has 1 saturated carbocycles. The molecule has 0 spiro atoms. The second-order valence-corrected chi connectivity index (χ2v) is 11.3. The average molecular weight is 547 g/mol. The van der Waals surface area contributed by atoms with E-state index in [2.05, 4.69) is 5.32 Å². The molecule has 2 aromatic rings. The molecule has 0 radical (unpaired) electrons. The van der Waals surface area contributed by atoms with Gasteiger partial charge in [-0.05, 0) is 37.8 Å². The second-order valence-electron chi connectivity index (χ2n) is 9.37. The van der Waals surface area contributed by atoms with E-state index < -0.39 is 33.4 Å². The summed E-state index contributed by atoms with van der Waals surface area (Å²) in [6.45, 7) is 1.13. The molecule has 38 heavy (non-hydrogen) atoms. The number of nitro groups is 1. The van der Waals surface area contributed by atoms with Crippen molar-refractivity contribution in [3.8, 4) is 5.75 Å². The Morgan fingerprint density at radius 3 is 2.39 bits per heavy atom. The number of non-ortho nitro benzene ring substituents is 1. The van der Waals surface area contributed by atoms with Gasteiger partial charge >= 0.3 is 0 Å². The number of carbonyl (C=O) groups excluding carboxylic acids is 2. The topological polar surface area (TPSA) is 139 Å². The quantitative estimate of drug-likeness (QED) is 0.319. The lowest BCUT2D eigenvalue weighted by Gasteiger charge is -2.32. The molecule has 0 bridgehead atoms. The van der Waals surface area contributed by atoms with Crippen LogP contribution in [0, 0.1) is 10.1 Å². The van der Waals surface area contributed by atoms with Gasteiger partial charge in [-0.2, -0.15) is 0 Å². The van der Waals surface area contributed by atoms with Crippen LogP contribution in [0.2, 0.25) is 0 Å². The Morgan fingerprint density at radius 1 is 1.16 bits per heavy atom. The van der Waals surface area contributed by atoms with Crippen molar-refractivity contribution in [2.24, 2.45) is 0 Å². The summed E-state index contributed by atoms with van der Waals surface area (Å²) in [4.78, 5) is 38.8. The summed E-state index contributed by atoms with van der Waals surface area (Å²) in [7, 11) is -2.77. The summed E-state index contributed by atoms with van der Waals surface area (Å²) in [6.07, 6.45) is 5.18. The van der Waals surface area contributed by atoms with E-state index in [0.29, 0.717) is 6.42 Å². The van der Waals surface area contributed by atoms with E-state index >= 15 is 0 Å². The first-order valence-electron chi connectivity index (χ1n) is 12.4. The number of methoxy groups -OCH3 is 1. The molecule has 0 unspecified atom stereocenters. The van der Waals surface area contributed by atoms with Crippen LogP contribution in [0.15, 0.2) is 48.5 Å². The van der Waals surface area contributed by atoms with Gasteiger partial charge in [-0.25, -0.2) is 8.42 Å². The molecule has 1 aliphatic rings. The second kappa shape index (κ2) is 12.7. The molecule has 2 amide bonds. The van der Waals surface area contributed by atoms with Crippen LogP contribution < -0.4 is 14.4 Å². The van der Waals surface area contributed by atoms with Gasteiger partial charge in [0.2, 0.25) is 21.8 Å². The molecule has 3 rings (SSSR count). The molecule has 2 aromatic carbocycles. The summed E-state index contributed by atoms with van der Waals surface area (Å²) in [6, 6.07) is 12.1. The smallest absolute Gasteiger partial charge is 0.271 e. The number of nitro benzene ring substituents is 1. The highest BCUT2D eigenvalue weighted by molar-refractivity contribution is 7.92. The van der Waals surface area contributed by atoms with Gasteiger partial charge in [-0.1, -0.05) is 43.2 Å². The number of rotatable bonds is 12. The van der Waals surface area contributed by atoms with E-state index in [9.17, 15) is 28.1 Å². The van der Waals surface area contributed by atoms with Gasteiger partial charge in [0, 0.05) is 24.7 Å². The molecule has 1 atom stereocenters. The minimum absolute atomic E-state index is 0.0525. The predicted octanol–water partition coefficient (Wildman–Crippen LogP) is 2.89. The summed E-state index contributed by atoms with van der Waals surface area (Å²) in [5.74, 6) is -0.872. The Kier molecular flexibility index (Phi) is 9.67. The van der Waals surface area contributed by atoms with Crippen LogP contribution in [0.25, 0.3) is 0 Å². The van der Waals surface area contributed by atoms with Crippen molar-refractivity contribution in [2.45, 2.75) is 51.1 Å². The van der Waals surface area contributed by atoms with Crippen LogP contribution >= 0.6 is 0 Å². The first-order chi connectivity index (χ1) is 18.0. The number of ether oxygens (including phenoxy) is 1. The molecule has 206 valence electrons. The normalized spacial score (nSPS) is 14.5. The minimum atomic E-state index is -4.07. The summed E-state index contributed by atoms with van der Waals surface area (Å²) < 4.78 is 31.6. The van der Waals surface area contributed by atoms with Gasteiger partial charge in [-0.3, -0.25) is 24.0 Å². The fraction of sp³-hybridized carbons (Fsp3) is 0.462. The van der Waals surface area contributed by atoms with E-state index in [4.69, 9.17) is 4.74 Å². The molecule has 0 aromatic heterocycles. The SMILES string of the molecule is COc1ccc([N+](=O)[O-])cc1N(CC(=O)N(CCc1ccccc1)[C@@H](C)C(=O)NC1CCCC1)S(C)(=O)=O. The monoisotopic (exact) mass is 546 g/mol. The lowest BCUT2D eigenvalue weighted by atomic mass is 10.1. The molecule has 1 N–H and O–H groups in total. The molecule has 1 fully saturated rings. The molecule has 11 nitrogen and oxygen atoms in total. The molecule has 0 saturated heterocycles. The Balaban J connectivity index is 1.91.